The summed E-state index contributed by atoms with van der Waals surface area (Å²) in [5.74, 6) is 0.237. The van der Waals surface area contributed by atoms with E-state index in [4.69, 9.17) is 33.2 Å². The Morgan fingerprint density at radius 1 is 1.24 bits per heavy atom. The van der Waals surface area contributed by atoms with E-state index in [-0.39, 0.29) is 37.4 Å². The number of rotatable bonds is 4. The zero-order chi connectivity index (χ0) is 21.3. The molecule has 146 valence electrons. The smallest absolute Gasteiger partial charge is 0.349 e. The Morgan fingerprint density at radius 3 is 2.45 bits per heavy atom. The van der Waals surface area contributed by atoms with Gasteiger partial charge in [0.1, 0.15) is 11.8 Å². The molecule has 2 aromatic carbocycles. The van der Waals surface area contributed by atoms with Gasteiger partial charge < -0.3 is 4.74 Å². The molecule has 0 atom stereocenters. The SMILES string of the molecule is N#Cc1nn(-c2cc(Cl)c(Oc3ccc([N+](=O)[O-])c(Br)c3)c(Cl)c2)c(=O)[nH]c1=O. The number of nitriles is 1. The predicted octanol–water partition coefficient (Wildman–Crippen LogP) is 3.56. The van der Waals surface area contributed by atoms with Crippen molar-refractivity contribution >= 4 is 44.8 Å². The Bertz CT molecular complexity index is 1290. The van der Waals surface area contributed by atoms with Gasteiger partial charge in [0, 0.05) is 12.1 Å². The number of H-pyrrole nitrogens is 1. The minimum absolute atomic E-state index is 0.0135. The van der Waals surface area contributed by atoms with Crippen LogP contribution in [0.2, 0.25) is 10.0 Å². The summed E-state index contributed by atoms with van der Waals surface area (Å²) in [5, 5.41) is 23.4. The summed E-state index contributed by atoms with van der Waals surface area (Å²) >= 11 is 15.5. The highest BCUT2D eigenvalue weighted by Crippen LogP contribution is 2.39. The molecule has 0 amide bonds. The third kappa shape index (κ3) is 4.14. The van der Waals surface area contributed by atoms with Crippen LogP contribution in [-0.2, 0) is 0 Å². The van der Waals surface area contributed by atoms with Crippen LogP contribution >= 0.6 is 39.1 Å². The third-order valence-corrected chi connectivity index (χ3v) is 4.69. The summed E-state index contributed by atoms with van der Waals surface area (Å²) in [6, 6.07) is 8.11. The Morgan fingerprint density at radius 2 is 1.90 bits per heavy atom. The monoisotopic (exact) mass is 497 g/mol. The van der Waals surface area contributed by atoms with Gasteiger partial charge in [-0.05, 0) is 34.1 Å². The number of hydrogen-bond donors (Lipinski definition) is 1. The molecule has 0 radical (unpaired) electrons. The number of nitro groups is 1. The van der Waals surface area contributed by atoms with Gasteiger partial charge in [-0.1, -0.05) is 23.2 Å². The van der Waals surface area contributed by atoms with Crippen LogP contribution in [0.15, 0.2) is 44.4 Å². The number of aromatic nitrogens is 3. The van der Waals surface area contributed by atoms with E-state index in [0.29, 0.717) is 0 Å². The van der Waals surface area contributed by atoms with Gasteiger partial charge in [-0.3, -0.25) is 19.9 Å². The van der Waals surface area contributed by atoms with Gasteiger partial charge in [-0.2, -0.15) is 9.94 Å². The maximum atomic E-state index is 12.0. The van der Waals surface area contributed by atoms with Crippen LogP contribution in [-0.4, -0.2) is 19.7 Å². The van der Waals surface area contributed by atoms with Crippen molar-refractivity contribution in [3.05, 3.63) is 81.5 Å². The summed E-state index contributed by atoms with van der Waals surface area (Å²) in [6.45, 7) is 0. The maximum Gasteiger partial charge on any atom is 0.349 e. The molecule has 1 heterocycles. The van der Waals surface area contributed by atoms with E-state index in [0.717, 1.165) is 4.68 Å². The second-order valence-corrected chi connectivity index (χ2v) is 7.01. The van der Waals surface area contributed by atoms with E-state index in [1.54, 1.807) is 6.07 Å². The Hall–Kier alpha value is -3.20. The topological polar surface area (TPSA) is 144 Å². The quantitative estimate of drug-likeness (QED) is 0.427. The summed E-state index contributed by atoms with van der Waals surface area (Å²) in [4.78, 5) is 35.7. The van der Waals surface area contributed by atoms with E-state index >= 15 is 0 Å². The molecule has 3 aromatic rings. The fraction of sp³-hybridized carbons (Fsp3) is 0. The molecule has 13 heteroatoms. The fourth-order valence-electron chi connectivity index (χ4n) is 2.23. The van der Waals surface area contributed by atoms with Gasteiger partial charge in [0.15, 0.2) is 5.75 Å². The van der Waals surface area contributed by atoms with Crippen LogP contribution in [0.1, 0.15) is 5.69 Å². The van der Waals surface area contributed by atoms with Crippen molar-refractivity contribution in [1.82, 2.24) is 14.8 Å². The first-order valence-corrected chi connectivity index (χ1v) is 9.01. The number of nitrogens with one attached hydrogen (secondary N) is 1. The Labute approximate surface area is 179 Å². The summed E-state index contributed by atoms with van der Waals surface area (Å²) < 4.78 is 6.55. The van der Waals surface area contributed by atoms with E-state index in [9.17, 15) is 19.7 Å². The van der Waals surface area contributed by atoms with Crippen molar-refractivity contribution in [3.63, 3.8) is 0 Å². The number of benzene rings is 2. The lowest BCUT2D eigenvalue weighted by atomic mass is 10.3. The number of ether oxygens (including phenoxy) is 1. The second-order valence-electron chi connectivity index (χ2n) is 5.34. The zero-order valence-corrected chi connectivity index (χ0v) is 16.9. The van der Waals surface area contributed by atoms with Gasteiger partial charge in [-0.25, -0.2) is 4.79 Å². The first-order chi connectivity index (χ1) is 13.7. The van der Waals surface area contributed by atoms with Crippen molar-refractivity contribution in [2.45, 2.75) is 0 Å². The molecule has 0 spiro atoms. The van der Waals surface area contributed by atoms with Gasteiger partial charge >= 0.3 is 5.69 Å². The molecule has 0 aliphatic rings. The van der Waals surface area contributed by atoms with E-state index < -0.39 is 21.9 Å². The van der Waals surface area contributed by atoms with Gasteiger partial charge in [-0.15, -0.1) is 5.10 Å². The van der Waals surface area contributed by atoms with Crippen LogP contribution in [0.25, 0.3) is 5.69 Å². The van der Waals surface area contributed by atoms with Gasteiger partial charge in [0.2, 0.25) is 5.69 Å². The molecule has 0 aliphatic carbocycles. The lowest BCUT2D eigenvalue weighted by Crippen LogP contribution is -2.33. The number of hydrogen-bond acceptors (Lipinski definition) is 7. The maximum absolute atomic E-state index is 12.0. The summed E-state index contributed by atoms with van der Waals surface area (Å²) in [7, 11) is 0. The van der Waals surface area contributed by atoms with E-state index in [2.05, 4.69) is 21.0 Å². The highest BCUT2D eigenvalue weighted by molar-refractivity contribution is 9.10. The summed E-state index contributed by atoms with van der Waals surface area (Å²) in [5.41, 5.74) is -2.41. The molecule has 0 bridgehead atoms. The molecule has 1 aromatic heterocycles. The van der Waals surface area contributed by atoms with Crippen LogP contribution in [0.5, 0.6) is 11.5 Å². The molecule has 29 heavy (non-hydrogen) atoms. The number of nitrogens with zero attached hydrogens (tertiary/aromatic N) is 4. The van der Waals surface area contributed by atoms with Gasteiger partial charge in [0.25, 0.3) is 11.2 Å². The standard InChI is InChI=1S/C16H6BrCl2N5O5/c17-9-5-8(1-2-13(9)24(27)28)29-14-10(18)3-7(4-11(14)19)23-16(26)21-15(25)12(6-20)22-23/h1-5H,(H,21,25,26). The molecule has 0 aliphatic heterocycles. The minimum atomic E-state index is -0.922. The fourth-order valence-corrected chi connectivity index (χ4v) is 3.29. The predicted molar refractivity (Wildman–Crippen MR) is 106 cm³/mol. The second kappa shape index (κ2) is 8.04. The van der Waals surface area contributed by atoms with Crippen molar-refractivity contribution in [2.24, 2.45) is 0 Å². The summed E-state index contributed by atoms with van der Waals surface area (Å²) in [6.07, 6.45) is 0. The van der Waals surface area contributed by atoms with Crippen LogP contribution < -0.4 is 16.0 Å². The van der Waals surface area contributed by atoms with Crippen molar-refractivity contribution in [3.8, 4) is 23.3 Å². The van der Waals surface area contributed by atoms with Crippen molar-refractivity contribution in [1.29, 1.82) is 5.26 Å². The number of aromatic amines is 1. The molecule has 0 fully saturated rings. The highest BCUT2D eigenvalue weighted by atomic mass is 79.9. The average Bonchev–Trinajstić information content (AvgIpc) is 2.64. The molecular formula is C16H6BrCl2N5O5. The van der Waals surface area contributed by atoms with E-state index in [1.165, 1.54) is 30.3 Å². The normalized spacial score (nSPS) is 10.4. The first-order valence-electron chi connectivity index (χ1n) is 7.46. The van der Waals surface area contributed by atoms with E-state index in [1.807, 2.05) is 4.98 Å². The molecule has 10 nitrogen and oxygen atoms in total. The van der Waals surface area contributed by atoms with Crippen LogP contribution in [0.3, 0.4) is 0 Å². The molecular weight excluding hydrogens is 493 g/mol. The lowest BCUT2D eigenvalue weighted by molar-refractivity contribution is -0.385. The average molecular weight is 499 g/mol. The lowest BCUT2D eigenvalue weighted by Gasteiger charge is -2.12. The van der Waals surface area contributed by atoms with Crippen molar-refractivity contribution in [2.75, 3.05) is 0 Å². The third-order valence-electron chi connectivity index (χ3n) is 3.50. The largest absolute Gasteiger partial charge is 0.454 e. The minimum Gasteiger partial charge on any atom is -0.454 e. The molecule has 0 saturated carbocycles. The molecule has 3 rings (SSSR count). The van der Waals surface area contributed by atoms with Crippen LogP contribution in [0.4, 0.5) is 5.69 Å². The molecule has 1 N–H and O–H groups in total. The number of nitro benzene ring substituents is 1. The van der Waals surface area contributed by atoms with Crippen LogP contribution in [0, 0.1) is 21.4 Å². The Kier molecular flexibility index (Phi) is 5.69. The Balaban J connectivity index is 2.02. The zero-order valence-electron chi connectivity index (χ0n) is 13.9. The molecule has 0 saturated heterocycles. The molecule has 0 unspecified atom stereocenters. The van der Waals surface area contributed by atoms with Crippen molar-refractivity contribution < 1.29 is 9.66 Å². The van der Waals surface area contributed by atoms with Gasteiger partial charge in [0.05, 0.1) is 25.1 Å². The first kappa shape index (κ1) is 20.5. The number of halogens is 3. The highest BCUT2D eigenvalue weighted by Gasteiger charge is 2.17.